The number of carbonyl (C=O) groups is 1. The normalized spacial score (nSPS) is 10.2. The van der Waals surface area contributed by atoms with Gasteiger partial charge in [0.15, 0.2) is 0 Å². The fourth-order valence-corrected chi connectivity index (χ4v) is 1.88. The van der Waals surface area contributed by atoms with Crippen LogP contribution < -0.4 is 0 Å². The third-order valence-electron chi connectivity index (χ3n) is 2.38. The maximum Gasteiger partial charge on any atom is 0.355 e. The number of ether oxygens (including phenoxy) is 1. The molecule has 88 valence electrons. The van der Waals surface area contributed by atoms with E-state index in [-0.39, 0.29) is 5.97 Å². The molecule has 1 aromatic carbocycles. The molecule has 0 spiro atoms. The Kier molecular flexibility index (Phi) is 3.64. The second kappa shape index (κ2) is 5.19. The quantitative estimate of drug-likeness (QED) is 0.878. The van der Waals surface area contributed by atoms with Crippen LogP contribution in [0.5, 0.6) is 0 Å². The Balaban J connectivity index is 2.36. The van der Waals surface area contributed by atoms with Gasteiger partial charge in [-0.1, -0.05) is 28.1 Å². The molecule has 0 radical (unpaired) electrons. The Bertz CT molecular complexity index is 516. The number of H-pyrrole nitrogens is 1. The topological polar surface area (TPSA) is 42.1 Å². The van der Waals surface area contributed by atoms with Gasteiger partial charge in [0, 0.05) is 16.2 Å². The van der Waals surface area contributed by atoms with E-state index in [0.29, 0.717) is 12.3 Å². The van der Waals surface area contributed by atoms with Crippen molar-refractivity contribution >= 4 is 21.9 Å². The number of halogens is 1. The molecule has 0 aliphatic heterocycles. The summed E-state index contributed by atoms with van der Waals surface area (Å²) in [6.45, 7) is 2.16. The number of hydrogen-bond acceptors (Lipinski definition) is 2. The molecule has 2 rings (SSSR count). The van der Waals surface area contributed by atoms with Crippen molar-refractivity contribution < 1.29 is 9.53 Å². The van der Waals surface area contributed by atoms with Crippen LogP contribution in [0.2, 0.25) is 0 Å². The Morgan fingerprint density at radius 2 is 2.00 bits per heavy atom. The molecule has 4 heteroatoms. The van der Waals surface area contributed by atoms with Crippen LogP contribution in [0.3, 0.4) is 0 Å². The molecule has 0 bridgehead atoms. The van der Waals surface area contributed by atoms with E-state index in [0.717, 1.165) is 15.6 Å². The number of aromatic nitrogens is 1. The number of benzene rings is 1. The van der Waals surface area contributed by atoms with E-state index in [1.54, 1.807) is 13.1 Å². The highest BCUT2D eigenvalue weighted by Gasteiger charge is 2.14. The van der Waals surface area contributed by atoms with Gasteiger partial charge in [-0.3, -0.25) is 0 Å². The van der Waals surface area contributed by atoms with E-state index in [1.807, 2.05) is 30.3 Å². The summed E-state index contributed by atoms with van der Waals surface area (Å²) in [4.78, 5) is 14.6. The summed E-state index contributed by atoms with van der Waals surface area (Å²) in [5, 5.41) is 0. The van der Waals surface area contributed by atoms with Crippen LogP contribution in [0.1, 0.15) is 17.4 Å². The molecule has 0 aliphatic carbocycles. The standard InChI is InChI=1S/C13H12BrNO2/c1-2-17-13(16)12-11(7-8-15-12)9-3-5-10(14)6-4-9/h3-8,15H,2H2,1H3. The second-order valence-electron chi connectivity index (χ2n) is 3.49. The van der Waals surface area contributed by atoms with Crippen LogP contribution in [-0.4, -0.2) is 17.6 Å². The summed E-state index contributed by atoms with van der Waals surface area (Å²) < 4.78 is 6.00. The molecule has 0 fully saturated rings. The van der Waals surface area contributed by atoms with Gasteiger partial charge in [-0.15, -0.1) is 0 Å². The molecule has 1 N–H and O–H groups in total. The molecule has 0 saturated carbocycles. The third-order valence-corrected chi connectivity index (χ3v) is 2.91. The fraction of sp³-hybridized carbons (Fsp3) is 0.154. The second-order valence-corrected chi connectivity index (χ2v) is 4.41. The minimum atomic E-state index is -0.324. The number of hydrogen-bond donors (Lipinski definition) is 1. The molecular formula is C13H12BrNO2. The summed E-state index contributed by atoms with van der Waals surface area (Å²) >= 11 is 3.38. The highest BCUT2D eigenvalue weighted by atomic mass is 79.9. The summed E-state index contributed by atoms with van der Waals surface area (Å²) in [6.07, 6.45) is 1.74. The SMILES string of the molecule is CCOC(=O)c1[nH]ccc1-c1ccc(Br)cc1. The third kappa shape index (κ3) is 2.58. The zero-order chi connectivity index (χ0) is 12.3. The first kappa shape index (κ1) is 11.9. The zero-order valence-corrected chi connectivity index (χ0v) is 11.0. The first-order chi connectivity index (χ1) is 8.22. The minimum absolute atomic E-state index is 0.324. The van der Waals surface area contributed by atoms with E-state index in [1.165, 1.54) is 0 Å². The van der Waals surface area contributed by atoms with Gasteiger partial charge >= 0.3 is 5.97 Å². The lowest BCUT2D eigenvalue weighted by Gasteiger charge is -2.04. The average Bonchev–Trinajstić information content (AvgIpc) is 2.79. The molecular weight excluding hydrogens is 282 g/mol. The van der Waals surface area contributed by atoms with Crippen LogP contribution >= 0.6 is 15.9 Å². The minimum Gasteiger partial charge on any atom is -0.461 e. The van der Waals surface area contributed by atoms with Crippen molar-refractivity contribution in [1.82, 2.24) is 4.98 Å². The van der Waals surface area contributed by atoms with Crippen LogP contribution in [-0.2, 0) is 4.74 Å². The Hall–Kier alpha value is -1.55. The molecule has 2 aromatic rings. The summed E-state index contributed by atoms with van der Waals surface area (Å²) in [7, 11) is 0. The summed E-state index contributed by atoms with van der Waals surface area (Å²) in [6, 6.07) is 9.66. The Morgan fingerprint density at radius 3 is 2.65 bits per heavy atom. The van der Waals surface area contributed by atoms with Gasteiger partial charge in [0.25, 0.3) is 0 Å². The molecule has 1 aromatic heterocycles. The molecule has 0 unspecified atom stereocenters. The largest absolute Gasteiger partial charge is 0.461 e. The molecule has 1 heterocycles. The van der Waals surface area contributed by atoms with Crippen molar-refractivity contribution in [3.05, 3.63) is 46.7 Å². The maximum absolute atomic E-state index is 11.7. The molecule has 0 saturated heterocycles. The molecule has 0 amide bonds. The number of nitrogens with one attached hydrogen (secondary N) is 1. The first-order valence-electron chi connectivity index (χ1n) is 5.33. The zero-order valence-electron chi connectivity index (χ0n) is 9.37. The van der Waals surface area contributed by atoms with Crippen LogP contribution in [0.25, 0.3) is 11.1 Å². The van der Waals surface area contributed by atoms with E-state index < -0.39 is 0 Å². The highest BCUT2D eigenvalue weighted by molar-refractivity contribution is 9.10. The lowest BCUT2D eigenvalue weighted by molar-refractivity contribution is 0.0521. The number of aromatic amines is 1. The van der Waals surface area contributed by atoms with Crippen LogP contribution in [0.15, 0.2) is 41.0 Å². The molecule has 17 heavy (non-hydrogen) atoms. The summed E-state index contributed by atoms with van der Waals surface area (Å²) in [5.41, 5.74) is 2.34. The van der Waals surface area contributed by atoms with Crippen LogP contribution in [0.4, 0.5) is 0 Å². The van der Waals surface area contributed by atoms with Crippen molar-refractivity contribution in [2.75, 3.05) is 6.61 Å². The van der Waals surface area contributed by atoms with Gasteiger partial charge < -0.3 is 9.72 Å². The van der Waals surface area contributed by atoms with Crippen LogP contribution in [0, 0.1) is 0 Å². The first-order valence-corrected chi connectivity index (χ1v) is 6.12. The van der Waals surface area contributed by atoms with Gasteiger partial charge in [0.1, 0.15) is 5.69 Å². The summed E-state index contributed by atoms with van der Waals surface area (Å²) in [5.74, 6) is -0.324. The fourth-order valence-electron chi connectivity index (χ4n) is 1.61. The lowest BCUT2D eigenvalue weighted by atomic mass is 10.1. The Labute approximate surface area is 108 Å². The van der Waals surface area contributed by atoms with E-state index >= 15 is 0 Å². The van der Waals surface area contributed by atoms with Crippen molar-refractivity contribution in [1.29, 1.82) is 0 Å². The van der Waals surface area contributed by atoms with Gasteiger partial charge in [-0.05, 0) is 30.7 Å². The lowest BCUT2D eigenvalue weighted by Crippen LogP contribution is -2.06. The predicted molar refractivity (Wildman–Crippen MR) is 69.9 cm³/mol. The highest BCUT2D eigenvalue weighted by Crippen LogP contribution is 2.25. The molecule has 0 aliphatic rings. The van der Waals surface area contributed by atoms with E-state index in [2.05, 4.69) is 20.9 Å². The Morgan fingerprint density at radius 1 is 1.29 bits per heavy atom. The van der Waals surface area contributed by atoms with Gasteiger partial charge in [0.2, 0.25) is 0 Å². The van der Waals surface area contributed by atoms with E-state index in [4.69, 9.17) is 4.74 Å². The molecule has 3 nitrogen and oxygen atoms in total. The smallest absolute Gasteiger partial charge is 0.355 e. The van der Waals surface area contributed by atoms with Gasteiger partial charge in [0.05, 0.1) is 6.61 Å². The van der Waals surface area contributed by atoms with Crippen molar-refractivity contribution in [3.8, 4) is 11.1 Å². The van der Waals surface area contributed by atoms with Gasteiger partial charge in [-0.25, -0.2) is 4.79 Å². The van der Waals surface area contributed by atoms with Crippen molar-refractivity contribution in [2.45, 2.75) is 6.92 Å². The monoisotopic (exact) mass is 293 g/mol. The van der Waals surface area contributed by atoms with Crippen molar-refractivity contribution in [2.24, 2.45) is 0 Å². The maximum atomic E-state index is 11.7. The average molecular weight is 294 g/mol. The predicted octanol–water partition coefficient (Wildman–Crippen LogP) is 3.62. The van der Waals surface area contributed by atoms with E-state index in [9.17, 15) is 4.79 Å². The number of esters is 1. The van der Waals surface area contributed by atoms with Crippen molar-refractivity contribution in [3.63, 3.8) is 0 Å². The number of carbonyl (C=O) groups excluding carboxylic acids is 1. The number of rotatable bonds is 3. The molecule has 0 atom stereocenters. The van der Waals surface area contributed by atoms with Gasteiger partial charge in [-0.2, -0.15) is 0 Å².